The van der Waals surface area contributed by atoms with Crippen LogP contribution in [0.3, 0.4) is 0 Å². The zero-order chi connectivity index (χ0) is 25.5. The molecule has 0 saturated carbocycles. The average molecular weight is 511 g/mol. The van der Waals surface area contributed by atoms with Crippen LogP contribution in [0.4, 0.5) is 0 Å². The fraction of sp³-hybridized carbons (Fsp3) is 0.353. The fourth-order valence-electron chi connectivity index (χ4n) is 5.13. The first-order chi connectivity index (χ1) is 17.1. The summed E-state index contributed by atoms with van der Waals surface area (Å²) in [5, 5.41) is 0. The van der Waals surface area contributed by atoms with Gasteiger partial charge in [-0.2, -0.15) is 0 Å². The van der Waals surface area contributed by atoms with E-state index in [1.165, 1.54) is 65.8 Å². The number of allylic oxidation sites excluding steroid dienone is 2. The first kappa shape index (κ1) is 25.5. The van der Waals surface area contributed by atoms with Crippen LogP contribution in [-0.2, 0) is 12.8 Å². The summed E-state index contributed by atoms with van der Waals surface area (Å²) in [5.74, 6) is 0. The highest BCUT2D eigenvalue weighted by molar-refractivity contribution is 8.08. The minimum Gasteiger partial charge on any atom is -0.0898 e. The van der Waals surface area contributed by atoms with Gasteiger partial charge in [0.15, 0.2) is 0 Å². The Kier molecular flexibility index (Phi) is 7.05. The summed E-state index contributed by atoms with van der Waals surface area (Å²) in [6, 6.07) is 23.1. The third-order valence-corrected chi connectivity index (χ3v) is 9.61. The monoisotopic (exact) mass is 510 g/mol. The van der Waals surface area contributed by atoms with Gasteiger partial charge in [-0.1, -0.05) is 105 Å². The zero-order valence-corrected chi connectivity index (χ0v) is 24.2. The fourth-order valence-corrected chi connectivity index (χ4v) is 7.53. The molecule has 0 bridgehead atoms. The highest BCUT2D eigenvalue weighted by Gasteiger charge is 2.28. The minimum absolute atomic E-state index is 0.181. The van der Waals surface area contributed by atoms with Crippen molar-refractivity contribution in [3.05, 3.63) is 106 Å². The van der Waals surface area contributed by atoms with Gasteiger partial charge in [-0.05, 0) is 103 Å². The van der Waals surface area contributed by atoms with Crippen molar-refractivity contribution in [3.8, 4) is 0 Å². The van der Waals surface area contributed by atoms with Gasteiger partial charge in [0.2, 0.25) is 0 Å². The van der Waals surface area contributed by atoms with Crippen LogP contribution in [0.25, 0.3) is 9.81 Å². The Labute approximate surface area is 226 Å². The molecule has 0 unspecified atom stereocenters. The lowest BCUT2D eigenvalue weighted by Crippen LogP contribution is -2.08. The third kappa shape index (κ3) is 5.87. The first-order valence-corrected chi connectivity index (χ1v) is 14.8. The van der Waals surface area contributed by atoms with Crippen LogP contribution in [0, 0.1) is 24.7 Å². The molecule has 0 N–H and O–H groups in total. The zero-order valence-electron chi connectivity index (χ0n) is 22.6. The number of hydrogen-bond acceptors (Lipinski definition) is 2. The van der Waals surface area contributed by atoms with Crippen molar-refractivity contribution in [3.63, 3.8) is 0 Å². The quantitative estimate of drug-likeness (QED) is 0.342. The lowest BCUT2D eigenvalue weighted by atomic mass is 9.86. The Balaban J connectivity index is 1.62. The number of benzene rings is 3. The van der Waals surface area contributed by atoms with Gasteiger partial charge in [-0.15, -0.1) is 0 Å². The molecule has 0 nitrogen and oxygen atoms in total. The highest BCUT2D eigenvalue weighted by atomic mass is 32.2. The lowest BCUT2D eigenvalue weighted by Gasteiger charge is -2.19. The largest absolute Gasteiger partial charge is 0.0898 e. The summed E-state index contributed by atoms with van der Waals surface area (Å²) in [5.41, 5.74) is 8.88. The van der Waals surface area contributed by atoms with E-state index in [4.69, 9.17) is 0 Å². The van der Waals surface area contributed by atoms with E-state index in [1.54, 1.807) is 0 Å². The molecule has 0 aliphatic heterocycles. The van der Waals surface area contributed by atoms with Crippen LogP contribution in [0.2, 0.25) is 0 Å². The van der Waals surface area contributed by atoms with Crippen LogP contribution >= 0.6 is 23.5 Å². The van der Waals surface area contributed by atoms with Crippen molar-refractivity contribution in [2.45, 2.75) is 77.0 Å². The molecule has 0 fully saturated rings. The van der Waals surface area contributed by atoms with Crippen molar-refractivity contribution in [1.29, 1.82) is 0 Å². The summed E-state index contributed by atoms with van der Waals surface area (Å²) >= 11 is 3.86. The molecule has 0 atom stereocenters. The van der Waals surface area contributed by atoms with Gasteiger partial charge in [0.25, 0.3) is 0 Å². The van der Waals surface area contributed by atoms with E-state index in [9.17, 15) is 0 Å². The molecular weight excluding hydrogens is 473 g/mol. The number of thioether (sulfide) groups is 2. The van der Waals surface area contributed by atoms with E-state index < -0.39 is 0 Å². The second kappa shape index (κ2) is 9.95. The molecule has 186 valence electrons. The van der Waals surface area contributed by atoms with Crippen molar-refractivity contribution in [2.24, 2.45) is 10.8 Å². The molecule has 5 rings (SSSR count). The minimum atomic E-state index is 0.181. The molecule has 2 heteroatoms. The van der Waals surface area contributed by atoms with Crippen molar-refractivity contribution in [2.75, 3.05) is 0 Å². The summed E-state index contributed by atoms with van der Waals surface area (Å²) in [4.78, 5) is 5.44. The summed E-state index contributed by atoms with van der Waals surface area (Å²) in [6.45, 7) is 13.9. The van der Waals surface area contributed by atoms with Crippen LogP contribution in [0.5, 0.6) is 0 Å². The molecule has 3 aromatic rings. The lowest BCUT2D eigenvalue weighted by molar-refractivity contribution is 0.440. The Bertz CT molecular complexity index is 1220. The van der Waals surface area contributed by atoms with Crippen LogP contribution in [-0.4, -0.2) is 0 Å². The van der Waals surface area contributed by atoms with Gasteiger partial charge in [0.05, 0.1) is 0 Å². The Morgan fingerprint density at radius 2 is 0.944 bits per heavy atom. The van der Waals surface area contributed by atoms with Gasteiger partial charge >= 0.3 is 0 Å². The topological polar surface area (TPSA) is 0 Å². The van der Waals surface area contributed by atoms with Crippen LogP contribution < -0.4 is 0 Å². The number of aryl methyl sites for hydroxylation is 4. The standard InChI is InChI=1S/C34H38S2/c1-23-7-11-27(12-8-23)35-31-21-33(3,4)17-15-25-19-26-16-18-34(5,6)22-32(30(26)20-29(25)31)36-28-13-9-24(2)10-14-28/h7-14,19-22H,15-18H2,1-6H3. The van der Waals surface area contributed by atoms with Crippen LogP contribution in [0.15, 0.2) is 82.6 Å². The molecule has 0 spiro atoms. The maximum atomic E-state index is 2.56. The second-order valence-electron chi connectivity index (χ2n) is 12.0. The van der Waals surface area contributed by atoms with Gasteiger partial charge in [-0.25, -0.2) is 0 Å². The number of fused-ring (bicyclic) bond motifs is 2. The van der Waals surface area contributed by atoms with Gasteiger partial charge in [-0.3, -0.25) is 0 Å². The van der Waals surface area contributed by atoms with E-state index in [0.29, 0.717) is 0 Å². The van der Waals surface area contributed by atoms with Crippen molar-refractivity contribution >= 4 is 33.3 Å². The molecule has 2 aliphatic rings. The Morgan fingerprint density at radius 1 is 0.556 bits per heavy atom. The normalized spacial score (nSPS) is 18.3. The molecule has 0 saturated heterocycles. The smallest absolute Gasteiger partial charge is 0.0163 e. The Morgan fingerprint density at radius 3 is 1.33 bits per heavy atom. The summed E-state index contributed by atoms with van der Waals surface area (Å²) in [6.07, 6.45) is 9.71. The van der Waals surface area contributed by atoms with E-state index in [0.717, 1.165) is 12.8 Å². The van der Waals surface area contributed by atoms with Gasteiger partial charge in [0, 0.05) is 19.6 Å². The molecule has 3 aromatic carbocycles. The number of hydrogen-bond donors (Lipinski definition) is 0. The SMILES string of the molecule is Cc1ccc(SC2=CC(C)(C)CCc3cc4c(cc32)C(Sc2ccc(C)cc2)=CC(C)(C)CC4)cc1. The highest BCUT2D eigenvalue weighted by Crippen LogP contribution is 2.48. The van der Waals surface area contributed by atoms with E-state index in [1.807, 2.05) is 23.5 Å². The van der Waals surface area contributed by atoms with Gasteiger partial charge < -0.3 is 0 Å². The predicted molar refractivity (Wildman–Crippen MR) is 161 cm³/mol. The van der Waals surface area contributed by atoms with E-state index >= 15 is 0 Å². The van der Waals surface area contributed by atoms with E-state index in [2.05, 4.69) is 114 Å². The summed E-state index contributed by atoms with van der Waals surface area (Å²) < 4.78 is 0. The third-order valence-electron chi connectivity index (χ3n) is 7.48. The molecule has 36 heavy (non-hydrogen) atoms. The maximum Gasteiger partial charge on any atom is 0.0163 e. The summed E-state index contributed by atoms with van der Waals surface area (Å²) in [7, 11) is 0. The maximum absolute atomic E-state index is 2.56. The number of rotatable bonds is 4. The van der Waals surface area contributed by atoms with Crippen molar-refractivity contribution in [1.82, 2.24) is 0 Å². The molecule has 0 radical (unpaired) electrons. The second-order valence-corrected chi connectivity index (χ2v) is 14.2. The molecule has 2 aliphatic carbocycles. The first-order valence-electron chi connectivity index (χ1n) is 13.2. The average Bonchev–Trinajstić information content (AvgIpc) is 3.03. The van der Waals surface area contributed by atoms with Crippen molar-refractivity contribution < 1.29 is 0 Å². The van der Waals surface area contributed by atoms with Gasteiger partial charge in [0.1, 0.15) is 0 Å². The van der Waals surface area contributed by atoms with E-state index in [-0.39, 0.29) is 10.8 Å². The molecule has 0 amide bonds. The van der Waals surface area contributed by atoms with Crippen LogP contribution in [0.1, 0.15) is 73.9 Å². The molecule has 0 heterocycles. The Hall–Kier alpha value is -2.16. The molecular formula is C34H38S2. The molecule has 0 aromatic heterocycles. The predicted octanol–water partition coefficient (Wildman–Crippen LogP) is 10.5.